The molecule has 3 N–H and O–H groups in total. The Morgan fingerprint density at radius 2 is 2.05 bits per heavy atom. The van der Waals surface area contributed by atoms with Crippen molar-refractivity contribution in [2.45, 2.75) is 25.9 Å². The van der Waals surface area contributed by atoms with Crippen LogP contribution in [0.5, 0.6) is 0 Å². The molecular weight excluding hydrogens is 282 g/mol. The Balaban J connectivity index is 2.01. The van der Waals surface area contributed by atoms with Crippen LogP contribution < -0.4 is 11.1 Å². The van der Waals surface area contributed by atoms with Crippen LogP contribution in [0, 0.1) is 0 Å². The summed E-state index contributed by atoms with van der Waals surface area (Å²) in [6.07, 6.45) is 0. The number of anilines is 2. The second kappa shape index (κ2) is 6.74. The van der Waals surface area contributed by atoms with E-state index in [1.165, 1.54) is 4.88 Å². The van der Waals surface area contributed by atoms with Crippen LogP contribution in [-0.4, -0.2) is 23.9 Å². The monoisotopic (exact) mass is 303 g/mol. The first-order valence-corrected chi connectivity index (χ1v) is 7.78. The molecule has 4 nitrogen and oxygen atoms in total. The van der Waals surface area contributed by atoms with Crippen molar-refractivity contribution in [2.24, 2.45) is 0 Å². The van der Waals surface area contributed by atoms with Crippen molar-refractivity contribution in [3.05, 3.63) is 46.7 Å². The fourth-order valence-corrected chi connectivity index (χ4v) is 2.95. The van der Waals surface area contributed by atoms with Gasteiger partial charge in [0.05, 0.1) is 6.04 Å². The summed E-state index contributed by atoms with van der Waals surface area (Å²) in [4.78, 5) is 15.7. The molecule has 0 saturated carbocycles. The van der Waals surface area contributed by atoms with E-state index < -0.39 is 0 Å². The van der Waals surface area contributed by atoms with Crippen molar-refractivity contribution in [1.29, 1.82) is 0 Å². The fourth-order valence-electron chi connectivity index (χ4n) is 2.11. The number of nitrogens with two attached hydrogens (primary N) is 1. The van der Waals surface area contributed by atoms with Gasteiger partial charge in [0, 0.05) is 22.3 Å². The molecule has 1 heterocycles. The predicted molar refractivity (Wildman–Crippen MR) is 89.4 cm³/mol. The third-order valence-electron chi connectivity index (χ3n) is 3.71. The molecule has 2 unspecified atom stereocenters. The number of amides is 1. The zero-order valence-corrected chi connectivity index (χ0v) is 13.4. The van der Waals surface area contributed by atoms with Gasteiger partial charge in [-0.2, -0.15) is 0 Å². The van der Waals surface area contributed by atoms with Crippen LogP contribution in [0.25, 0.3) is 0 Å². The molecule has 0 saturated heterocycles. The predicted octanol–water partition coefficient (Wildman–Crippen LogP) is 3.35. The number of hydrogen-bond acceptors (Lipinski definition) is 4. The van der Waals surface area contributed by atoms with Gasteiger partial charge >= 0.3 is 0 Å². The van der Waals surface area contributed by atoms with Gasteiger partial charge in [-0.05, 0) is 50.5 Å². The SMILES string of the molecule is CC(C(=O)Nc1cccc(N)c1)N(C)C(C)c1cccs1. The van der Waals surface area contributed by atoms with E-state index in [-0.39, 0.29) is 18.0 Å². The number of carbonyl (C=O) groups excluding carboxylic acids is 1. The van der Waals surface area contributed by atoms with Crippen LogP contribution in [0.2, 0.25) is 0 Å². The van der Waals surface area contributed by atoms with Crippen molar-refractivity contribution in [3.8, 4) is 0 Å². The van der Waals surface area contributed by atoms with Gasteiger partial charge in [0.1, 0.15) is 0 Å². The Morgan fingerprint density at radius 3 is 2.67 bits per heavy atom. The zero-order valence-electron chi connectivity index (χ0n) is 12.5. The summed E-state index contributed by atoms with van der Waals surface area (Å²) in [6.45, 7) is 4.02. The van der Waals surface area contributed by atoms with E-state index in [1.807, 2.05) is 32.2 Å². The summed E-state index contributed by atoms with van der Waals surface area (Å²) >= 11 is 1.70. The minimum Gasteiger partial charge on any atom is -0.399 e. The van der Waals surface area contributed by atoms with Gasteiger partial charge in [0.25, 0.3) is 0 Å². The average molecular weight is 303 g/mol. The topological polar surface area (TPSA) is 58.4 Å². The molecule has 1 aromatic carbocycles. The lowest BCUT2D eigenvalue weighted by Crippen LogP contribution is -2.40. The number of thiophene rings is 1. The number of nitrogens with one attached hydrogen (secondary N) is 1. The van der Waals surface area contributed by atoms with Crippen LogP contribution >= 0.6 is 11.3 Å². The van der Waals surface area contributed by atoms with Crippen LogP contribution in [-0.2, 0) is 4.79 Å². The molecule has 2 rings (SSSR count). The Kier molecular flexibility index (Phi) is 4.98. The minimum absolute atomic E-state index is 0.0356. The number of nitrogen functional groups attached to an aromatic ring is 1. The molecule has 0 spiro atoms. The van der Waals surface area contributed by atoms with Gasteiger partial charge in [0.2, 0.25) is 5.91 Å². The summed E-state index contributed by atoms with van der Waals surface area (Å²) in [5.74, 6) is -0.0356. The van der Waals surface area contributed by atoms with Crippen molar-refractivity contribution < 1.29 is 4.79 Å². The number of hydrogen-bond donors (Lipinski definition) is 2. The van der Waals surface area contributed by atoms with Crippen molar-refractivity contribution >= 4 is 28.6 Å². The highest BCUT2D eigenvalue weighted by Crippen LogP contribution is 2.25. The molecule has 21 heavy (non-hydrogen) atoms. The number of carbonyl (C=O) groups is 1. The van der Waals surface area contributed by atoms with Gasteiger partial charge in [-0.15, -0.1) is 11.3 Å². The summed E-state index contributed by atoms with van der Waals surface area (Å²) in [5, 5.41) is 4.96. The maximum atomic E-state index is 12.3. The van der Waals surface area contributed by atoms with Crippen molar-refractivity contribution in [1.82, 2.24) is 4.90 Å². The molecule has 5 heteroatoms. The summed E-state index contributed by atoms with van der Waals surface area (Å²) in [6, 6.07) is 11.3. The average Bonchev–Trinajstić information content (AvgIpc) is 2.99. The van der Waals surface area contributed by atoms with E-state index in [0.29, 0.717) is 5.69 Å². The van der Waals surface area contributed by atoms with Crippen LogP contribution in [0.1, 0.15) is 24.8 Å². The van der Waals surface area contributed by atoms with Crippen molar-refractivity contribution in [3.63, 3.8) is 0 Å². The smallest absolute Gasteiger partial charge is 0.241 e. The lowest BCUT2D eigenvalue weighted by molar-refractivity contribution is -0.121. The van der Waals surface area contributed by atoms with E-state index >= 15 is 0 Å². The molecule has 112 valence electrons. The fraction of sp³-hybridized carbons (Fsp3) is 0.312. The molecule has 0 aliphatic rings. The summed E-state index contributed by atoms with van der Waals surface area (Å²) in [5.41, 5.74) is 7.09. The first-order valence-electron chi connectivity index (χ1n) is 6.90. The third kappa shape index (κ3) is 3.83. The Morgan fingerprint density at radius 1 is 1.29 bits per heavy atom. The second-order valence-corrected chi connectivity index (χ2v) is 6.13. The Bertz CT molecular complexity index is 597. The lowest BCUT2D eigenvalue weighted by atomic mass is 10.1. The van der Waals surface area contributed by atoms with Crippen LogP contribution in [0.3, 0.4) is 0 Å². The molecular formula is C16H21N3OS. The van der Waals surface area contributed by atoms with Gasteiger partial charge in [0.15, 0.2) is 0 Å². The quantitative estimate of drug-likeness (QED) is 0.833. The first kappa shape index (κ1) is 15.5. The zero-order chi connectivity index (χ0) is 15.4. The maximum Gasteiger partial charge on any atom is 0.241 e. The molecule has 0 aliphatic heterocycles. The van der Waals surface area contributed by atoms with Crippen LogP contribution in [0.15, 0.2) is 41.8 Å². The highest BCUT2D eigenvalue weighted by Gasteiger charge is 2.23. The normalized spacial score (nSPS) is 13.9. The number of benzene rings is 1. The highest BCUT2D eigenvalue weighted by atomic mass is 32.1. The molecule has 2 aromatic rings. The Labute approximate surface area is 129 Å². The number of likely N-dealkylation sites (N-methyl/N-ethyl adjacent to an activating group) is 1. The molecule has 0 bridgehead atoms. The third-order valence-corrected chi connectivity index (χ3v) is 4.75. The largest absolute Gasteiger partial charge is 0.399 e. The van der Waals surface area contributed by atoms with E-state index in [4.69, 9.17) is 5.73 Å². The number of rotatable bonds is 5. The van der Waals surface area contributed by atoms with Gasteiger partial charge < -0.3 is 11.1 Å². The van der Waals surface area contributed by atoms with Crippen LogP contribution in [0.4, 0.5) is 11.4 Å². The van der Waals surface area contributed by atoms with E-state index in [0.717, 1.165) is 5.69 Å². The summed E-state index contributed by atoms with van der Waals surface area (Å²) < 4.78 is 0. The first-order chi connectivity index (χ1) is 9.99. The van der Waals surface area contributed by atoms with Gasteiger partial charge in [-0.1, -0.05) is 12.1 Å². The number of nitrogens with zero attached hydrogens (tertiary/aromatic N) is 1. The van der Waals surface area contributed by atoms with Gasteiger partial charge in [-0.3, -0.25) is 9.69 Å². The van der Waals surface area contributed by atoms with Crippen molar-refractivity contribution in [2.75, 3.05) is 18.1 Å². The Hall–Kier alpha value is -1.85. The van der Waals surface area contributed by atoms with E-state index in [1.54, 1.807) is 23.5 Å². The molecule has 1 amide bonds. The molecule has 0 fully saturated rings. The lowest BCUT2D eigenvalue weighted by Gasteiger charge is -2.29. The standard InChI is InChI=1S/C16H21N3OS/c1-11(15-8-5-9-21-15)19(3)12(2)16(20)18-14-7-4-6-13(17)10-14/h4-12H,17H2,1-3H3,(H,18,20). The summed E-state index contributed by atoms with van der Waals surface area (Å²) in [7, 11) is 1.97. The molecule has 0 aliphatic carbocycles. The second-order valence-electron chi connectivity index (χ2n) is 5.15. The molecule has 2 atom stereocenters. The molecule has 0 radical (unpaired) electrons. The highest BCUT2D eigenvalue weighted by molar-refractivity contribution is 7.10. The minimum atomic E-state index is -0.233. The van der Waals surface area contributed by atoms with E-state index in [2.05, 4.69) is 28.6 Å². The maximum absolute atomic E-state index is 12.3. The van der Waals surface area contributed by atoms with E-state index in [9.17, 15) is 4.79 Å². The van der Waals surface area contributed by atoms with Gasteiger partial charge in [-0.25, -0.2) is 0 Å². The molecule has 1 aromatic heterocycles.